The summed E-state index contributed by atoms with van der Waals surface area (Å²) in [4.78, 5) is 57.9. The van der Waals surface area contributed by atoms with Crippen molar-refractivity contribution in [2.24, 2.45) is 0 Å². The van der Waals surface area contributed by atoms with E-state index in [0.29, 0.717) is 0 Å². The maximum absolute atomic E-state index is 11.3. The normalized spacial score (nSPS) is 11.1. The zero-order valence-electron chi connectivity index (χ0n) is 15.3. The molecule has 0 aliphatic carbocycles. The number of rotatable bonds is 16. The molecule has 0 rings (SSSR count). The lowest BCUT2D eigenvalue weighted by molar-refractivity contribution is -0.167. The number of carboxylic acid groups (broad SMARTS) is 3. The predicted octanol–water partition coefficient (Wildman–Crippen LogP) is -1.80. The molecule has 1 atom stereocenters. The summed E-state index contributed by atoms with van der Waals surface area (Å²) in [5.74, 6) is -0.763. The molecule has 0 spiro atoms. The fraction of sp³-hybridized carbons (Fsp3) is 0.562. The van der Waals surface area contributed by atoms with Gasteiger partial charge in [0.05, 0.1) is 18.9 Å². The summed E-state index contributed by atoms with van der Waals surface area (Å²) >= 11 is 0. The van der Waals surface area contributed by atoms with Gasteiger partial charge >= 0.3 is 17.9 Å². The Hall–Kier alpha value is -3.17. The summed E-state index contributed by atoms with van der Waals surface area (Å²) in [5.41, 5.74) is 0. The predicted molar refractivity (Wildman–Crippen MR) is 93.6 cm³/mol. The van der Waals surface area contributed by atoms with Gasteiger partial charge in [-0.3, -0.25) is 14.5 Å². The molecule has 0 heterocycles. The number of hydrogen-bond donors (Lipinski definition) is 3. The second-order valence-electron chi connectivity index (χ2n) is 5.40. The van der Waals surface area contributed by atoms with Crippen LogP contribution in [0.4, 0.5) is 0 Å². The van der Waals surface area contributed by atoms with Crippen LogP contribution in [0.2, 0.25) is 0 Å². The van der Waals surface area contributed by atoms with E-state index in [1.807, 2.05) is 0 Å². The van der Waals surface area contributed by atoms with Crippen molar-refractivity contribution in [2.75, 3.05) is 45.9 Å². The third-order valence-corrected chi connectivity index (χ3v) is 3.36. The molecule has 1 unspecified atom stereocenters. The average Bonchev–Trinajstić information content (AvgIpc) is 2.59. The smallest absolute Gasteiger partial charge is 0.348 e. The van der Waals surface area contributed by atoms with Gasteiger partial charge in [0, 0.05) is 32.8 Å². The highest BCUT2D eigenvalue weighted by Crippen LogP contribution is 2.04. The van der Waals surface area contributed by atoms with E-state index in [9.17, 15) is 29.1 Å². The summed E-state index contributed by atoms with van der Waals surface area (Å²) in [6, 6.07) is 0. The highest BCUT2D eigenvalue weighted by molar-refractivity contribution is 5.74. The molecular formula is C16H23N3O9. The molecule has 0 fully saturated rings. The highest BCUT2D eigenvalue weighted by atomic mass is 16.5. The lowest BCUT2D eigenvalue weighted by Gasteiger charge is -2.30. The molecule has 28 heavy (non-hydrogen) atoms. The molecule has 0 radical (unpaired) electrons. The van der Waals surface area contributed by atoms with Crippen molar-refractivity contribution in [3.63, 3.8) is 0 Å². The van der Waals surface area contributed by atoms with Gasteiger partial charge in [-0.05, 0) is 6.92 Å². The number of carboxylic acids is 3. The molecule has 0 aliphatic rings. The van der Waals surface area contributed by atoms with E-state index in [4.69, 9.17) is 14.9 Å². The fourth-order valence-corrected chi connectivity index (χ4v) is 2.21. The summed E-state index contributed by atoms with van der Waals surface area (Å²) in [7, 11) is 0. The number of carbonyl (C=O) groups excluding carboxylic acids is 2. The van der Waals surface area contributed by atoms with Crippen LogP contribution in [-0.4, -0.2) is 112 Å². The highest BCUT2D eigenvalue weighted by Gasteiger charge is 2.28. The molecule has 0 saturated heterocycles. The molecule has 0 aromatic heterocycles. The first-order valence-electron chi connectivity index (χ1n) is 8.17. The minimum absolute atomic E-state index is 0.0328. The van der Waals surface area contributed by atoms with Crippen molar-refractivity contribution in [3.8, 4) is 0 Å². The van der Waals surface area contributed by atoms with Crippen molar-refractivity contribution < 1.29 is 44.0 Å². The van der Waals surface area contributed by atoms with Crippen molar-refractivity contribution in [1.29, 1.82) is 0 Å². The minimum Gasteiger partial charge on any atom is -0.480 e. The Morgan fingerprint density at radius 3 is 1.86 bits per heavy atom. The van der Waals surface area contributed by atoms with E-state index in [1.165, 1.54) is 10.8 Å². The zero-order chi connectivity index (χ0) is 21.5. The number of nitrogens with zero attached hydrogens (tertiary/aromatic N) is 3. The van der Waals surface area contributed by atoms with Gasteiger partial charge in [-0.1, -0.05) is 0 Å². The van der Waals surface area contributed by atoms with Crippen molar-refractivity contribution in [1.82, 2.24) is 14.7 Å². The van der Waals surface area contributed by atoms with Crippen LogP contribution in [0, 0.1) is 0 Å². The average molecular weight is 401 g/mol. The molecule has 3 N–H and O–H groups in total. The Bertz CT molecular complexity index is 627. The topological polar surface area (TPSA) is 165 Å². The van der Waals surface area contributed by atoms with Crippen LogP contribution in [0.25, 0.3) is 0 Å². The van der Waals surface area contributed by atoms with E-state index >= 15 is 0 Å². The van der Waals surface area contributed by atoms with Gasteiger partial charge in [0.25, 0.3) is 0 Å². The molecule has 0 aliphatic heterocycles. The maximum Gasteiger partial charge on any atom is 0.348 e. The number of ether oxygens (including phenoxy) is 1. The second kappa shape index (κ2) is 14.0. The van der Waals surface area contributed by atoms with Crippen LogP contribution in [-0.2, 0) is 28.7 Å². The monoisotopic (exact) mass is 401 g/mol. The van der Waals surface area contributed by atoms with Crippen LogP contribution in [0.1, 0.15) is 6.92 Å². The SMILES string of the molecule is CCOC(C(=O)O)N(CCN(C=C=O)CCN(C=C=O)CC(=O)O)CC(=O)O. The van der Waals surface area contributed by atoms with Crippen molar-refractivity contribution in [3.05, 3.63) is 12.4 Å². The van der Waals surface area contributed by atoms with Crippen LogP contribution >= 0.6 is 0 Å². The zero-order valence-corrected chi connectivity index (χ0v) is 15.3. The number of hydrogen-bond acceptors (Lipinski definition) is 9. The van der Waals surface area contributed by atoms with Gasteiger partial charge in [0.1, 0.15) is 18.4 Å². The summed E-state index contributed by atoms with van der Waals surface area (Å²) in [6.07, 6.45) is 0.465. The standard InChI is InChI=1S/C16H23N3O9/c1-2-28-15(16(26)27)19(12-14(24)25)6-5-17(7-9-20)3-4-18(8-10-21)11-13(22)23/h7-8,15H,2-6,11-12H2,1H3,(H,22,23)(H,24,25)(H,26,27). The second-order valence-corrected chi connectivity index (χ2v) is 5.40. The Kier molecular flexibility index (Phi) is 12.4. The molecule has 12 heteroatoms. The fourth-order valence-electron chi connectivity index (χ4n) is 2.21. The van der Waals surface area contributed by atoms with Crippen LogP contribution < -0.4 is 0 Å². The Labute approximate surface area is 160 Å². The van der Waals surface area contributed by atoms with Gasteiger partial charge in [-0.25, -0.2) is 14.4 Å². The molecule has 0 bridgehead atoms. The van der Waals surface area contributed by atoms with Gasteiger partial charge in [-0.2, -0.15) is 0 Å². The molecule has 0 saturated carbocycles. The van der Waals surface area contributed by atoms with Gasteiger partial charge in [-0.15, -0.1) is 0 Å². The van der Waals surface area contributed by atoms with Crippen LogP contribution in [0.3, 0.4) is 0 Å². The molecular weight excluding hydrogens is 378 g/mol. The first-order valence-corrected chi connectivity index (χ1v) is 8.17. The van der Waals surface area contributed by atoms with Gasteiger partial charge in [0.2, 0.25) is 6.23 Å². The Balaban J connectivity index is 5.08. The van der Waals surface area contributed by atoms with Gasteiger partial charge in [0.15, 0.2) is 0 Å². The van der Waals surface area contributed by atoms with E-state index in [0.717, 1.165) is 22.2 Å². The largest absolute Gasteiger partial charge is 0.480 e. The lowest BCUT2D eigenvalue weighted by atomic mass is 10.3. The lowest BCUT2D eigenvalue weighted by Crippen LogP contribution is -2.48. The van der Waals surface area contributed by atoms with Crippen molar-refractivity contribution in [2.45, 2.75) is 13.2 Å². The number of carbonyl (C=O) groups is 3. The van der Waals surface area contributed by atoms with E-state index in [-0.39, 0.29) is 32.8 Å². The molecule has 12 nitrogen and oxygen atoms in total. The molecule has 0 amide bonds. The van der Waals surface area contributed by atoms with Crippen molar-refractivity contribution >= 4 is 29.8 Å². The van der Waals surface area contributed by atoms with E-state index < -0.39 is 37.2 Å². The quantitative estimate of drug-likeness (QED) is 0.196. The first kappa shape index (κ1) is 24.8. The number of aliphatic carboxylic acids is 3. The Morgan fingerprint density at radius 2 is 1.39 bits per heavy atom. The Morgan fingerprint density at radius 1 is 0.893 bits per heavy atom. The van der Waals surface area contributed by atoms with Crippen LogP contribution in [0.5, 0.6) is 0 Å². The third-order valence-electron chi connectivity index (χ3n) is 3.36. The molecule has 0 aromatic carbocycles. The maximum atomic E-state index is 11.3. The first-order chi connectivity index (χ1) is 13.2. The third kappa shape index (κ3) is 10.7. The van der Waals surface area contributed by atoms with E-state index in [2.05, 4.69) is 0 Å². The summed E-state index contributed by atoms with van der Waals surface area (Å²) < 4.78 is 5.07. The summed E-state index contributed by atoms with van der Waals surface area (Å²) in [6.45, 7) is 0.648. The van der Waals surface area contributed by atoms with Crippen LogP contribution in [0.15, 0.2) is 12.4 Å². The molecule has 156 valence electrons. The molecule has 0 aromatic rings. The minimum atomic E-state index is -1.48. The van der Waals surface area contributed by atoms with E-state index in [1.54, 1.807) is 12.9 Å². The summed E-state index contributed by atoms with van der Waals surface area (Å²) in [5, 5.41) is 27.0. The van der Waals surface area contributed by atoms with Gasteiger partial charge < -0.3 is 29.9 Å².